The second kappa shape index (κ2) is 5.89. The molecule has 0 atom stereocenters. The summed E-state index contributed by atoms with van der Waals surface area (Å²) in [6.07, 6.45) is 0. The normalized spacial score (nSPS) is 9.76. The Labute approximate surface area is 100 Å². The van der Waals surface area contributed by atoms with Crippen LogP contribution in [-0.4, -0.2) is 42.0 Å². The van der Waals surface area contributed by atoms with E-state index in [1.165, 1.54) is 6.07 Å². The maximum Gasteiger partial charge on any atom is 0.337 e. The zero-order chi connectivity index (χ0) is 12.8. The summed E-state index contributed by atoms with van der Waals surface area (Å²) < 4.78 is 0. The first-order chi connectivity index (χ1) is 8.06. The number of carboxylic acids is 1. The van der Waals surface area contributed by atoms with Gasteiger partial charge in [0.1, 0.15) is 0 Å². The van der Waals surface area contributed by atoms with Gasteiger partial charge in [0.2, 0.25) is 5.91 Å². The van der Waals surface area contributed by atoms with Crippen molar-refractivity contribution in [3.05, 3.63) is 29.8 Å². The molecule has 0 aliphatic carbocycles. The average molecular weight is 236 g/mol. The fourth-order valence-corrected chi connectivity index (χ4v) is 1.31. The van der Waals surface area contributed by atoms with E-state index in [-0.39, 0.29) is 18.0 Å². The molecule has 1 aromatic carbocycles. The molecule has 0 bridgehead atoms. The minimum Gasteiger partial charge on any atom is -0.478 e. The molecule has 0 saturated heterocycles. The maximum absolute atomic E-state index is 11.5. The van der Waals surface area contributed by atoms with Crippen molar-refractivity contribution in [3.8, 4) is 0 Å². The van der Waals surface area contributed by atoms with Gasteiger partial charge in [-0.25, -0.2) is 4.79 Å². The van der Waals surface area contributed by atoms with Crippen LogP contribution in [0.1, 0.15) is 17.3 Å². The van der Waals surface area contributed by atoms with E-state index in [1.54, 1.807) is 30.1 Å². The monoisotopic (exact) mass is 236 g/mol. The van der Waals surface area contributed by atoms with Crippen molar-refractivity contribution < 1.29 is 14.7 Å². The fourth-order valence-electron chi connectivity index (χ4n) is 1.31. The van der Waals surface area contributed by atoms with E-state index in [2.05, 4.69) is 5.32 Å². The van der Waals surface area contributed by atoms with Gasteiger partial charge >= 0.3 is 5.97 Å². The minimum atomic E-state index is -1.01. The number of hydrogen-bond acceptors (Lipinski definition) is 3. The molecule has 0 heterocycles. The standard InChI is InChI=1S/C12H16N2O3/c1-3-14(2)11(15)8-13-10-7-5-4-6-9(10)12(16)17/h4-7,13H,3,8H2,1-2H3,(H,16,17). The van der Waals surface area contributed by atoms with Crippen LogP contribution in [-0.2, 0) is 4.79 Å². The molecule has 0 aliphatic heterocycles. The second-order valence-electron chi connectivity index (χ2n) is 3.61. The predicted molar refractivity (Wildman–Crippen MR) is 65.2 cm³/mol. The number of aromatic carboxylic acids is 1. The van der Waals surface area contributed by atoms with Gasteiger partial charge in [-0.05, 0) is 19.1 Å². The van der Waals surface area contributed by atoms with Crippen LogP contribution < -0.4 is 5.32 Å². The van der Waals surface area contributed by atoms with Crippen LogP contribution in [0.2, 0.25) is 0 Å². The Morgan fingerprint density at radius 2 is 2.00 bits per heavy atom. The molecule has 0 radical (unpaired) electrons. The molecule has 1 aromatic rings. The molecule has 92 valence electrons. The summed E-state index contributed by atoms with van der Waals surface area (Å²) in [7, 11) is 1.70. The quantitative estimate of drug-likeness (QED) is 0.807. The number of amides is 1. The van der Waals surface area contributed by atoms with Gasteiger partial charge in [0, 0.05) is 19.3 Å². The van der Waals surface area contributed by atoms with Crippen molar-refractivity contribution >= 4 is 17.6 Å². The van der Waals surface area contributed by atoms with E-state index in [0.29, 0.717) is 12.2 Å². The smallest absolute Gasteiger partial charge is 0.337 e. The highest BCUT2D eigenvalue weighted by Gasteiger charge is 2.11. The topological polar surface area (TPSA) is 69.6 Å². The molecule has 5 heteroatoms. The van der Waals surface area contributed by atoms with Gasteiger partial charge in [-0.15, -0.1) is 0 Å². The lowest BCUT2D eigenvalue weighted by Crippen LogP contribution is -2.32. The van der Waals surface area contributed by atoms with E-state index < -0.39 is 5.97 Å². The zero-order valence-electron chi connectivity index (χ0n) is 9.93. The lowest BCUT2D eigenvalue weighted by molar-refractivity contribution is -0.127. The third-order valence-corrected chi connectivity index (χ3v) is 2.49. The first-order valence-electron chi connectivity index (χ1n) is 5.36. The molecular formula is C12H16N2O3. The van der Waals surface area contributed by atoms with Gasteiger partial charge in [0.25, 0.3) is 0 Å². The molecule has 1 amide bonds. The van der Waals surface area contributed by atoms with E-state index in [4.69, 9.17) is 5.11 Å². The van der Waals surface area contributed by atoms with Crippen LogP contribution in [0.3, 0.4) is 0 Å². The number of hydrogen-bond donors (Lipinski definition) is 2. The van der Waals surface area contributed by atoms with Gasteiger partial charge in [0.05, 0.1) is 12.1 Å². The van der Waals surface area contributed by atoms with Crippen LogP contribution in [0.25, 0.3) is 0 Å². The molecule has 0 spiro atoms. The van der Waals surface area contributed by atoms with Crippen molar-refractivity contribution in [2.45, 2.75) is 6.92 Å². The maximum atomic E-state index is 11.5. The lowest BCUT2D eigenvalue weighted by Gasteiger charge is -2.15. The Balaban J connectivity index is 2.69. The van der Waals surface area contributed by atoms with Gasteiger partial charge < -0.3 is 15.3 Å². The Bertz CT molecular complexity index is 418. The highest BCUT2D eigenvalue weighted by atomic mass is 16.4. The third-order valence-electron chi connectivity index (χ3n) is 2.49. The third kappa shape index (κ3) is 3.48. The number of para-hydroxylation sites is 1. The predicted octanol–water partition coefficient (Wildman–Crippen LogP) is 1.28. The van der Waals surface area contributed by atoms with Crippen molar-refractivity contribution in [3.63, 3.8) is 0 Å². The van der Waals surface area contributed by atoms with Crippen molar-refractivity contribution in [1.29, 1.82) is 0 Å². The Morgan fingerprint density at radius 3 is 2.59 bits per heavy atom. The molecule has 0 aliphatic rings. The first kappa shape index (κ1) is 13.0. The zero-order valence-corrected chi connectivity index (χ0v) is 9.93. The molecule has 0 aromatic heterocycles. The molecule has 2 N–H and O–H groups in total. The van der Waals surface area contributed by atoms with Gasteiger partial charge in [0.15, 0.2) is 0 Å². The average Bonchev–Trinajstić information content (AvgIpc) is 2.35. The van der Waals surface area contributed by atoms with Crippen molar-refractivity contribution in [2.24, 2.45) is 0 Å². The molecule has 0 unspecified atom stereocenters. The van der Waals surface area contributed by atoms with E-state index in [0.717, 1.165) is 0 Å². The Hall–Kier alpha value is -2.04. The number of nitrogens with one attached hydrogen (secondary N) is 1. The van der Waals surface area contributed by atoms with E-state index in [1.807, 2.05) is 6.92 Å². The SMILES string of the molecule is CCN(C)C(=O)CNc1ccccc1C(=O)O. The first-order valence-corrected chi connectivity index (χ1v) is 5.36. The van der Waals surface area contributed by atoms with Crippen molar-refractivity contribution in [2.75, 3.05) is 25.5 Å². The van der Waals surface area contributed by atoms with Crippen LogP contribution in [0.15, 0.2) is 24.3 Å². The van der Waals surface area contributed by atoms with Crippen LogP contribution in [0.5, 0.6) is 0 Å². The van der Waals surface area contributed by atoms with E-state index in [9.17, 15) is 9.59 Å². The van der Waals surface area contributed by atoms with Gasteiger partial charge in [-0.3, -0.25) is 4.79 Å². The van der Waals surface area contributed by atoms with Gasteiger partial charge in [-0.1, -0.05) is 12.1 Å². The highest BCUT2D eigenvalue weighted by Crippen LogP contribution is 2.14. The summed E-state index contributed by atoms with van der Waals surface area (Å²) >= 11 is 0. The summed E-state index contributed by atoms with van der Waals surface area (Å²) in [5.41, 5.74) is 0.623. The molecule has 5 nitrogen and oxygen atoms in total. The van der Waals surface area contributed by atoms with Crippen molar-refractivity contribution in [1.82, 2.24) is 4.90 Å². The molecule has 17 heavy (non-hydrogen) atoms. The summed E-state index contributed by atoms with van der Waals surface area (Å²) in [6.45, 7) is 2.60. The van der Waals surface area contributed by atoms with Gasteiger partial charge in [-0.2, -0.15) is 0 Å². The number of benzene rings is 1. The number of likely N-dealkylation sites (N-methyl/N-ethyl adjacent to an activating group) is 1. The number of rotatable bonds is 5. The summed E-state index contributed by atoms with van der Waals surface area (Å²) in [6, 6.07) is 6.51. The number of carbonyl (C=O) groups is 2. The van der Waals surface area contributed by atoms with Crippen LogP contribution >= 0.6 is 0 Å². The van der Waals surface area contributed by atoms with Crippen LogP contribution in [0, 0.1) is 0 Å². The summed E-state index contributed by atoms with van der Waals surface area (Å²) in [5, 5.41) is 11.8. The highest BCUT2D eigenvalue weighted by molar-refractivity contribution is 5.95. The molecular weight excluding hydrogens is 220 g/mol. The minimum absolute atomic E-state index is 0.0762. The second-order valence-corrected chi connectivity index (χ2v) is 3.61. The fraction of sp³-hybridized carbons (Fsp3) is 0.333. The number of carbonyl (C=O) groups excluding carboxylic acids is 1. The Kier molecular flexibility index (Phi) is 4.51. The summed E-state index contributed by atoms with van der Waals surface area (Å²) in [5.74, 6) is -1.09. The molecule has 0 fully saturated rings. The van der Waals surface area contributed by atoms with Crippen LogP contribution in [0.4, 0.5) is 5.69 Å². The Morgan fingerprint density at radius 1 is 1.35 bits per heavy atom. The number of anilines is 1. The lowest BCUT2D eigenvalue weighted by atomic mass is 10.2. The molecule has 0 saturated carbocycles. The van der Waals surface area contributed by atoms with E-state index >= 15 is 0 Å². The number of carboxylic acid groups (broad SMARTS) is 1. The molecule has 1 rings (SSSR count). The largest absolute Gasteiger partial charge is 0.478 e. The number of nitrogens with zero attached hydrogens (tertiary/aromatic N) is 1. The summed E-state index contributed by atoms with van der Waals surface area (Å²) in [4.78, 5) is 24.0.